The Hall–Kier alpha value is -4.10. The zero-order valence-electron chi connectivity index (χ0n) is 21.9. The van der Waals surface area contributed by atoms with Crippen molar-refractivity contribution in [1.82, 2.24) is 8.87 Å². The Kier molecular flexibility index (Phi) is 7.22. The molecule has 42 heavy (non-hydrogen) atoms. The molecule has 1 unspecified atom stereocenters. The molecule has 5 rings (SSSR count). The molecular weight excluding hydrogens is 583 g/mol. The number of halogens is 5. The summed E-state index contributed by atoms with van der Waals surface area (Å²) in [4.78, 5) is 25.6. The highest BCUT2D eigenvalue weighted by molar-refractivity contribution is 7.89. The van der Waals surface area contributed by atoms with Gasteiger partial charge in [-0.05, 0) is 34.9 Å². The number of pyridine rings is 1. The molecule has 1 aromatic heterocycles. The minimum absolute atomic E-state index is 0.0664. The molecule has 0 spiro atoms. The second kappa shape index (κ2) is 10.3. The van der Waals surface area contributed by atoms with Crippen LogP contribution in [-0.2, 0) is 26.9 Å². The second-order valence-corrected chi connectivity index (χ2v) is 11.7. The molecule has 1 aliphatic heterocycles. The van der Waals surface area contributed by atoms with Crippen LogP contribution in [-0.4, -0.2) is 41.5 Å². The van der Waals surface area contributed by atoms with Crippen LogP contribution in [0.5, 0.6) is 0 Å². The summed E-state index contributed by atoms with van der Waals surface area (Å²) in [5.74, 6) is -5.72. The summed E-state index contributed by atoms with van der Waals surface area (Å²) in [5, 5.41) is 9.29. The zero-order valence-corrected chi connectivity index (χ0v) is 22.7. The number of hydrogen-bond donors (Lipinski definition) is 1. The minimum Gasteiger partial charge on any atom is -0.480 e. The predicted molar refractivity (Wildman–Crippen MR) is 144 cm³/mol. The molecule has 1 atom stereocenters. The van der Waals surface area contributed by atoms with Crippen LogP contribution in [0.1, 0.15) is 36.1 Å². The minimum atomic E-state index is -4.92. The molecule has 0 radical (unpaired) electrons. The number of carbonyl (C=O) groups is 1. The topological polar surface area (TPSA) is 96.7 Å². The molecule has 13 heteroatoms. The SMILES string of the molecule is CCCN1CC(C(=O)O)n2c(c(-c3cccc(C(F)(F)F)c3)c(C(F)(F)c3cccc4ccccc34)cc2=O)S1(=O)=O. The van der Waals surface area contributed by atoms with Gasteiger partial charge in [0.2, 0.25) is 0 Å². The lowest BCUT2D eigenvalue weighted by Gasteiger charge is -2.35. The standard InChI is InChI=1S/C29H23F5N2O5S/c1-2-13-35-16-23(27(38)39)36-24(37)15-22(28(30,31)21-12-6-8-17-7-3-4-11-20(17)21)25(26(36)42(35,40)41)18-9-5-10-19(14-18)29(32,33)34/h3-12,14-15,23H,2,13,16H2,1H3,(H,38,39). The van der Waals surface area contributed by atoms with Gasteiger partial charge >= 0.3 is 12.1 Å². The quantitative estimate of drug-likeness (QED) is 0.277. The Bertz CT molecular complexity index is 1880. The highest BCUT2D eigenvalue weighted by Gasteiger charge is 2.47. The molecule has 0 amide bonds. The van der Waals surface area contributed by atoms with Crippen molar-refractivity contribution in [2.24, 2.45) is 0 Å². The number of benzene rings is 3. The molecule has 7 nitrogen and oxygen atoms in total. The Balaban J connectivity index is 1.97. The van der Waals surface area contributed by atoms with Gasteiger partial charge in [-0.15, -0.1) is 0 Å². The Morgan fingerprint density at radius 3 is 2.29 bits per heavy atom. The number of aromatic nitrogens is 1. The van der Waals surface area contributed by atoms with E-state index < -0.39 is 79.1 Å². The van der Waals surface area contributed by atoms with Gasteiger partial charge in [-0.3, -0.25) is 9.36 Å². The summed E-state index contributed by atoms with van der Waals surface area (Å²) in [7, 11) is -4.85. The molecule has 0 saturated carbocycles. The van der Waals surface area contributed by atoms with Crippen LogP contribution < -0.4 is 5.56 Å². The average molecular weight is 607 g/mol. The maximum atomic E-state index is 16.7. The molecule has 3 aromatic carbocycles. The van der Waals surface area contributed by atoms with Gasteiger partial charge in [0.05, 0.1) is 5.56 Å². The molecular formula is C29H23F5N2O5S. The number of alkyl halides is 5. The fraction of sp³-hybridized carbons (Fsp3) is 0.241. The van der Waals surface area contributed by atoms with E-state index in [2.05, 4.69) is 0 Å². The Morgan fingerprint density at radius 2 is 1.62 bits per heavy atom. The summed E-state index contributed by atoms with van der Waals surface area (Å²) < 4.78 is 104. The van der Waals surface area contributed by atoms with Crippen LogP contribution in [0.25, 0.3) is 21.9 Å². The van der Waals surface area contributed by atoms with E-state index in [9.17, 15) is 36.3 Å². The number of rotatable bonds is 6. The fourth-order valence-corrected chi connectivity index (χ4v) is 7.27. The van der Waals surface area contributed by atoms with E-state index in [4.69, 9.17) is 0 Å². The predicted octanol–water partition coefficient (Wildman–Crippen LogP) is 5.87. The summed E-state index contributed by atoms with van der Waals surface area (Å²) >= 11 is 0. The van der Waals surface area contributed by atoms with Crippen LogP contribution in [0.15, 0.2) is 82.6 Å². The number of nitrogens with zero attached hydrogens (tertiary/aromatic N) is 2. The van der Waals surface area contributed by atoms with Crippen LogP contribution in [0.3, 0.4) is 0 Å². The molecule has 2 heterocycles. The van der Waals surface area contributed by atoms with Crippen molar-refractivity contribution in [3.63, 3.8) is 0 Å². The molecule has 4 aromatic rings. The van der Waals surface area contributed by atoms with Gasteiger partial charge in [-0.25, -0.2) is 13.2 Å². The smallest absolute Gasteiger partial charge is 0.416 e. The molecule has 220 valence electrons. The molecule has 0 fully saturated rings. The summed E-state index contributed by atoms with van der Waals surface area (Å²) in [6.45, 7) is 0.720. The van der Waals surface area contributed by atoms with Gasteiger partial charge in [-0.2, -0.15) is 26.3 Å². The highest BCUT2D eigenvalue weighted by atomic mass is 32.2. The van der Waals surface area contributed by atoms with E-state index >= 15 is 8.78 Å². The monoisotopic (exact) mass is 606 g/mol. The van der Waals surface area contributed by atoms with E-state index in [0.29, 0.717) is 28.2 Å². The number of hydrogen-bond acceptors (Lipinski definition) is 4. The second-order valence-electron chi connectivity index (χ2n) is 9.84. The van der Waals surface area contributed by atoms with Gasteiger partial charge in [0, 0.05) is 35.8 Å². The van der Waals surface area contributed by atoms with Crippen molar-refractivity contribution in [2.75, 3.05) is 13.1 Å². The lowest BCUT2D eigenvalue weighted by atomic mass is 9.90. The third-order valence-corrected chi connectivity index (χ3v) is 9.08. The van der Waals surface area contributed by atoms with Crippen molar-refractivity contribution < 1.29 is 40.3 Å². The maximum Gasteiger partial charge on any atom is 0.416 e. The van der Waals surface area contributed by atoms with Crippen molar-refractivity contribution in [2.45, 2.75) is 36.5 Å². The van der Waals surface area contributed by atoms with Gasteiger partial charge in [-0.1, -0.05) is 61.5 Å². The molecule has 1 N–H and O–H groups in total. The van der Waals surface area contributed by atoms with Crippen LogP contribution in [0, 0.1) is 0 Å². The van der Waals surface area contributed by atoms with Crippen molar-refractivity contribution in [3.05, 3.63) is 99.8 Å². The van der Waals surface area contributed by atoms with Crippen LogP contribution in [0.4, 0.5) is 22.0 Å². The number of sulfonamides is 1. The highest BCUT2D eigenvalue weighted by Crippen LogP contribution is 2.47. The summed E-state index contributed by atoms with van der Waals surface area (Å²) in [6, 6.07) is 11.8. The van der Waals surface area contributed by atoms with E-state index in [1.165, 1.54) is 18.2 Å². The van der Waals surface area contributed by atoms with E-state index in [1.54, 1.807) is 25.1 Å². The lowest BCUT2D eigenvalue weighted by molar-refractivity contribution is -0.141. The molecule has 0 bridgehead atoms. The number of carboxylic acid groups (broad SMARTS) is 1. The number of aliphatic carboxylic acids is 1. The summed E-state index contributed by atoms with van der Waals surface area (Å²) in [6.07, 6.45) is -4.71. The normalized spacial score (nSPS) is 17.2. The Labute approximate surface area is 236 Å². The first-order chi connectivity index (χ1) is 19.7. The molecule has 1 aliphatic rings. The zero-order chi connectivity index (χ0) is 30.6. The van der Waals surface area contributed by atoms with E-state index in [1.807, 2.05) is 0 Å². The first-order valence-electron chi connectivity index (χ1n) is 12.8. The van der Waals surface area contributed by atoms with E-state index in [0.717, 1.165) is 22.5 Å². The third kappa shape index (κ3) is 4.75. The van der Waals surface area contributed by atoms with Crippen molar-refractivity contribution in [3.8, 4) is 11.1 Å². The van der Waals surface area contributed by atoms with Crippen LogP contribution >= 0.6 is 0 Å². The van der Waals surface area contributed by atoms with Gasteiger partial charge in [0.25, 0.3) is 21.5 Å². The van der Waals surface area contributed by atoms with Crippen molar-refractivity contribution >= 4 is 26.8 Å². The first kappa shape index (κ1) is 29.4. The average Bonchev–Trinajstić information content (AvgIpc) is 2.93. The molecule has 0 saturated heterocycles. The summed E-state index contributed by atoms with van der Waals surface area (Å²) in [5.41, 5.74) is -5.84. The third-order valence-electron chi connectivity index (χ3n) is 7.18. The van der Waals surface area contributed by atoms with E-state index in [-0.39, 0.29) is 18.4 Å². The van der Waals surface area contributed by atoms with Gasteiger partial charge in [0.1, 0.15) is 6.04 Å². The maximum absolute atomic E-state index is 16.7. The largest absolute Gasteiger partial charge is 0.480 e. The fourth-order valence-electron chi connectivity index (χ4n) is 5.32. The van der Waals surface area contributed by atoms with Gasteiger partial charge < -0.3 is 5.11 Å². The van der Waals surface area contributed by atoms with Crippen molar-refractivity contribution in [1.29, 1.82) is 0 Å². The first-order valence-corrected chi connectivity index (χ1v) is 14.2. The van der Waals surface area contributed by atoms with Gasteiger partial charge in [0.15, 0.2) is 5.03 Å². The lowest BCUT2D eigenvalue weighted by Crippen LogP contribution is -2.50. The number of carboxylic acids is 1. The Morgan fingerprint density at radius 1 is 0.952 bits per heavy atom. The molecule has 0 aliphatic carbocycles. The number of fused-ring (bicyclic) bond motifs is 2. The van der Waals surface area contributed by atoms with Crippen LogP contribution in [0.2, 0.25) is 0 Å².